The molecular formula is C9H7F4N3O. The number of halogens is 4. The lowest BCUT2D eigenvalue weighted by atomic mass is 10.1. The maximum atomic E-state index is 13.2. The largest absolute Gasteiger partial charge is 0.417 e. The molecule has 1 rings (SSSR count). The summed E-state index contributed by atoms with van der Waals surface area (Å²) in [7, 11) is 0. The van der Waals surface area contributed by atoms with Gasteiger partial charge in [0.2, 0.25) is 0 Å². The van der Waals surface area contributed by atoms with E-state index in [0.29, 0.717) is 12.1 Å². The number of amides is 1. The van der Waals surface area contributed by atoms with Crippen LogP contribution in [0.2, 0.25) is 0 Å². The lowest BCUT2D eigenvalue weighted by molar-refractivity contribution is -0.138. The van der Waals surface area contributed by atoms with E-state index in [1.54, 1.807) is 0 Å². The first-order chi connectivity index (χ1) is 7.73. The van der Waals surface area contributed by atoms with Crippen LogP contribution in [0.1, 0.15) is 15.9 Å². The molecule has 0 saturated carbocycles. The molecule has 0 fully saturated rings. The van der Waals surface area contributed by atoms with Crippen LogP contribution in [0.15, 0.2) is 23.2 Å². The number of aliphatic imine (C=N–C) groups is 1. The van der Waals surface area contributed by atoms with Crippen LogP contribution < -0.4 is 11.5 Å². The van der Waals surface area contributed by atoms with Crippen molar-refractivity contribution in [1.29, 1.82) is 0 Å². The number of hydrogen-bond acceptors (Lipinski definition) is 1. The summed E-state index contributed by atoms with van der Waals surface area (Å²) in [6, 6.07) is 2.12. The van der Waals surface area contributed by atoms with E-state index < -0.39 is 35.0 Å². The molecule has 1 aromatic carbocycles. The SMILES string of the molecule is NC(N)=NC(=O)c1c(F)cccc1C(F)(F)F. The van der Waals surface area contributed by atoms with Crippen LogP contribution in [0, 0.1) is 5.82 Å². The van der Waals surface area contributed by atoms with Crippen LogP contribution in [0.25, 0.3) is 0 Å². The fourth-order valence-corrected chi connectivity index (χ4v) is 1.15. The van der Waals surface area contributed by atoms with Gasteiger partial charge in [0, 0.05) is 0 Å². The third kappa shape index (κ3) is 2.92. The van der Waals surface area contributed by atoms with E-state index >= 15 is 0 Å². The Hall–Kier alpha value is -2.12. The van der Waals surface area contributed by atoms with Crippen molar-refractivity contribution in [3.05, 3.63) is 35.1 Å². The van der Waals surface area contributed by atoms with Gasteiger partial charge in [0.1, 0.15) is 5.82 Å². The molecular weight excluding hydrogens is 242 g/mol. The molecule has 0 spiro atoms. The summed E-state index contributed by atoms with van der Waals surface area (Å²) >= 11 is 0. The van der Waals surface area contributed by atoms with Gasteiger partial charge in [0.15, 0.2) is 5.96 Å². The minimum absolute atomic E-state index is 0.568. The van der Waals surface area contributed by atoms with Crippen LogP contribution in [0.5, 0.6) is 0 Å². The van der Waals surface area contributed by atoms with Gasteiger partial charge in [-0.05, 0) is 12.1 Å². The zero-order valence-corrected chi connectivity index (χ0v) is 8.25. The number of alkyl halides is 3. The van der Waals surface area contributed by atoms with Gasteiger partial charge in [0.05, 0.1) is 11.1 Å². The third-order valence-electron chi connectivity index (χ3n) is 1.76. The van der Waals surface area contributed by atoms with Crippen LogP contribution in [0.4, 0.5) is 17.6 Å². The summed E-state index contributed by atoms with van der Waals surface area (Å²) in [6.07, 6.45) is -4.87. The Bertz CT molecular complexity index is 478. The van der Waals surface area contributed by atoms with Gasteiger partial charge >= 0.3 is 6.18 Å². The number of hydrogen-bond donors (Lipinski definition) is 2. The maximum Gasteiger partial charge on any atom is 0.417 e. The lowest BCUT2D eigenvalue weighted by Gasteiger charge is -2.10. The number of rotatable bonds is 1. The Morgan fingerprint density at radius 2 is 1.82 bits per heavy atom. The van der Waals surface area contributed by atoms with Crippen molar-refractivity contribution in [3.8, 4) is 0 Å². The molecule has 0 atom stereocenters. The zero-order valence-electron chi connectivity index (χ0n) is 8.25. The fourth-order valence-electron chi connectivity index (χ4n) is 1.15. The van der Waals surface area contributed by atoms with Gasteiger partial charge in [-0.25, -0.2) is 4.39 Å². The van der Waals surface area contributed by atoms with E-state index in [-0.39, 0.29) is 0 Å². The molecule has 8 heteroatoms. The summed E-state index contributed by atoms with van der Waals surface area (Å²) < 4.78 is 50.7. The maximum absolute atomic E-state index is 13.2. The first kappa shape index (κ1) is 12.9. The molecule has 0 aromatic heterocycles. The van der Waals surface area contributed by atoms with E-state index in [4.69, 9.17) is 11.5 Å². The molecule has 92 valence electrons. The van der Waals surface area contributed by atoms with Gasteiger partial charge in [-0.1, -0.05) is 6.07 Å². The summed E-state index contributed by atoms with van der Waals surface area (Å²) in [5.41, 5.74) is 7.06. The molecule has 1 amide bonds. The first-order valence-electron chi connectivity index (χ1n) is 4.23. The minimum atomic E-state index is -4.87. The molecule has 0 radical (unpaired) electrons. The summed E-state index contributed by atoms with van der Waals surface area (Å²) in [5.74, 6) is -3.56. The van der Waals surface area contributed by atoms with Crippen LogP contribution in [0.3, 0.4) is 0 Å². The van der Waals surface area contributed by atoms with E-state index in [1.807, 2.05) is 0 Å². The van der Waals surface area contributed by atoms with Crippen molar-refractivity contribution in [3.63, 3.8) is 0 Å². The quantitative estimate of drug-likeness (QED) is 0.446. The van der Waals surface area contributed by atoms with E-state index in [0.717, 1.165) is 6.07 Å². The van der Waals surface area contributed by atoms with Gasteiger partial charge in [-0.3, -0.25) is 4.79 Å². The predicted molar refractivity (Wildman–Crippen MR) is 51.5 cm³/mol. The molecule has 17 heavy (non-hydrogen) atoms. The van der Waals surface area contributed by atoms with Crippen LogP contribution in [-0.2, 0) is 6.18 Å². The topological polar surface area (TPSA) is 81.5 Å². The Kier molecular flexibility index (Phi) is 3.35. The first-order valence-corrected chi connectivity index (χ1v) is 4.23. The second-order valence-corrected chi connectivity index (χ2v) is 3.00. The molecule has 4 nitrogen and oxygen atoms in total. The monoisotopic (exact) mass is 249 g/mol. The van der Waals surface area contributed by atoms with Crippen molar-refractivity contribution in [2.45, 2.75) is 6.18 Å². The summed E-state index contributed by atoms with van der Waals surface area (Å²) in [6.45, 7) is 0. The number of nitrogens with two attached hydrogens (primary N) is 2. The number of carbonyl (C=O) groups excluding carboxylic acids is 1. The fraction of sp³-hybridized carbons (Fsp3) is 0.111. The number of carbonyl (C=O) groups is 1. The minimum Gasteiger partial charge on any atom is -0.370 e. The molecule has 0 unspecified atom stereocenters. The lowest BCUT2D eigenvalue weighted by Crippen LogP contribution is -2.25. The molecule has 0 aliphatic heterocycles. The van der Waals surface area contributed by atoms with Gasteiger partial charge in [0.25, 0.3) is 5.91 Å². The average molecular weight is 249 g/mol. The molecule has 0 bridgehead atoms. The van der Waals surface area contributed by atoms with E-state index in [1.165, 1.54) is 0 Å². The number of benzene rings is 1. The average Bonchev–Trinajstić information content (AvgIpc) is 2.14. The highest BCUT2D eigenvalue weighted by Crippen LogP contribution is 2.33. The highest BCUT2D eigenvalue weighted by Gasteiger charge is 2.36. The van der Waals surface area contributed by atoms with Crippen LogP contribution >= 0.6 is 0 Å². The smallest absolute Gasteiger partial charge is 0.370 e. The standard InChI is InChI=1S/C9H7F4N3O/c10-5-3-1-2-4(9(11,12)13)6(5)7(17)16-8(14)15/h1-3H,(H4,14,15,16,17). The van der Waals surface area contributed by atoms with E-state index in [9.17, 15) is 22.4 Å². The number of nitrogens with zero attached hydrogens (tertiary/aromatic N) is 1. The van der Waals surface area contributed by atoms with Gasteiger partial charge < -0.3 is 11.5 Å². The third-order valence-corrected chi connectivity index (χ3v) is 1.76. The Labute approximate surface area is 92.9 Å². The molecule has 0 saturated heterocycles. The second kappa shape index (κ2) is 4.40. The summed E-state index contributed by atoms with van der Waals surface area (Å²) in [4.78, 5) is 14.1. The van der Waals surface area contributed by atoms with Gasteiger partial charge in [-0.15, -0.1) is 0 Å². The molecule has 0 heterocycles. The van der Waals surface area contributed by atoms with Crippen molar-refractivity contribution < 1.29 is 22.4 Å². The predicted octanol–water partition coefficient (Wildman–Crippen LogP) is 1.26. The van der Waals surface area contributed by atoms with E-state index in [2.05, 4.69) is 4.99 Å². The van der Waals surface area contributed by atoms with Crippen molar-refractivity contribution in [2.75, 3.05) is 0 Å². The number of guanidine groups is 1. The van der Waals surface area contributed by atoms with Crippen molar-refractivity contribution >= 4 is 11.9 Å². The second-order valence-electron chi connectivity index (χ2n) is 3.00. The molecule has 4 N–H and O–H groups in total. The highest BCUT2D eigenvalue weighted by molar-refractivity contribution is 6.03. The van der Waals surface area contributed by atoms with Crippen molar-refractivity contribution in [1.82, 2.24) is 0 Å². The van der Waals surface area contributed by atoms with Crippen LogP contribution in [-0.4, -0.2) is 11.9 Å². The normalized spacial score (nSPS) is 11.1. The molecule has 0 aliphatic carbocycles. The Morgan fingerprint density at radius 1 is 1.24 bits per heavy atom. The zero-order chi connectivity index (χ0) is 13.2. The highest BCUT2D eigenvalue weighted by atomic mass is 19.4. The van der Waals surface area contributed by atoms with Gasteiger partial charge in [-0.2, -0.15) is 18.2 Å². The molecule has 0 aliphatic rings. The molecule has 1 aromatic rings. The Morgan fingerprint density at radius 3 is 2.29 bits per heavy atom. The summed E-state index contributed by atoms with van der Waals surface area (Å²) in [5, 5.41) is 0. The van der Waals surface area contributed by atoms with Crippen molar-refractivity contribution in [2.24, 2.45) is 16.5 Å². The Balaban J connectivity index is 3.41.